The van der Waals surface area contributed by atoms with Gasteiger partial charge in [-0.1, -0.05) is 63.8 Å². The summed E-state index contributed by atoms with van der Waals surface area (Å²) in [6.07, 6.45) is 6.41. The first-order valence-electron chi connectivity index (χ1n) is 7.66. The first-order valence-corrected chi connectivity index (χ1v) is 9.14. The topological polar surface area (TPSA) is 60.4 Å². The van der Waals surface area contributed by atoms with Crippen LogP contribution in [-0.2, 0) is 19.4 Å². The highest BCUT2D eigenvalue weighted by atomic mass is 32.2. The largest absolute Gasteiger partial charge is 0.462 e. The van der Waals surface area contributed by atoms with Crippen LogP contribution in [0.25, 0.3) is 0 Å². The van der Waals surface area contributed by atoms with Gasteiger partial charge >= 0.3 is 5.97 Å². The maximum atomic E-state index is 12.2. The van der Waals surface area contributed by atoms with E-state index < -0.39 is 20.7 Å². The molecule has 0 atom stereocenters. The van der Waals surface area contributed by atoms with E-state index in [1.165, 1.54) is 31.4 Å². The van der Waals surface area contributed by atoms with E-state index in [1.807, 2.05) is 0 Å². The highest BCUT2D eigenvalue weighted by Gasteiger charge is 2.25. The Labute approximate surface area is 133 Å². The highest BCUT2D eigenvalue weighted by molar-refractivity contribution is 7.96. The van der Waals surface area contributed by atoms with Crippen LogP contribution in [0.2, 0.25) is 0 Å². The minimum atomic E-state index is -3.86. The molecule has 5 heteroatoms. The molecular formula is C17H24O4S. The van der Waals surface area contributed by atoms with Gasteiger partial charge in [-0.25, -0.2) is 13.2 Å². The Balaban J connectivity index is 2.41. The number of benzene rings is 1. The second kappa shape index (κ2) is 9.41. The van der Waals surface area contributed by atoms with Crippen molar-refractivity contribution in [2.75, 3.05) is 6.61 Å². The summed E-state index contributed by atoms with van der Waals surface area (Å²) in [6.45, 7) is 5.76. The third kappa shape index (κ3) is 5.64. The average Bonchev–Trinajstić information content (AvgIpc) is 2.53. The van der Waals surface area contributed by atoms with Crippen molar-refractivity contribution in [1.82, 2.24) is 0 Å². The van der Waals surface area contributed by atoms with Crippen LogP contribution >= 0.6 is 0 Å². The second-order valence-corrected chi connectivity index (χ2v) is 7.11. The SMILES string of the molecule is C=C(C(=O)OCCCCCCCC)S(=O)(=O)c1ccccc1. The predicted octanol–water partition coefficient (Wildman–Crippen LogP) is 3.88. The summed E-state index contributed by atoms with van der Waals surface area (Å²) in [5, 5.41) is 0. The number of esters is 1. The summed E-state index contributed by atoms with van der Waals surface area (Å²) in [5.41, 5.74) is 0. The molecule has 0 radical (unpaired) electrons. The first kappa shape index (κ1) is 18.4. The van der Waals surface area contributed by atoms with Crippen LogP contribution in [0.3, 0.4) is 0 Å². The number of carbonyl (C=O) groups is 1. The maximum absolute atomic E-state index is 12.2. The Hall–Kier alpha value is -1.62. The number of unbranched alkanes of at least 4 members (excludes halogenated alkanes) is 5. The van der Waals surface area contributed by atoms with Crippen LogP contribution in [0, 0.1) is 0 Å². The fourth-order valence-corrected chi connectivity index (χ4v) is 3.06. The predicted molar refractivity (Wildman–Crippen MR) is 87.1 cm³/mol. The Kier molecular flexibility index (Phi) is 7.88. The maximum Gasteiger partial charge on any atom is 0.349 e. The molecule has 122 valence electrons. The highest BCUT2D eigenvalue weighted by Crippen LogP contribution is 2.18. The van der Waals surface area contributed by atoms with Crippen molar-refractivity contribution in [2.45, 2.75) is 50.3 Å². The first-order chi connectivity index (χ1) is 10.5. The third-order valence-electron chi connectivity index (χ3n) is 3.34. The quantitative estimate of drug-likeness (QED) is 0.372. The molecule has 0 saturated carbocycles. The number of sulfone groups is 1. The molecule has 1 aromatic rings. The lowest BCUT2D eigenvalue weighted by molar-refractivity contribution is -0.138. The standard InChI is InChI=1S/C17H24O4S/c1-3-4-5-6-7-11-14-21-17(18)15(2)22(19,20)16-12-9-8-10-13-16/h8-10,12-13H,2-7,11,14H2,1H3. The number of hydrogen-bond donors (Lipinski definition) is 0. The van der Waals surface area contributed by atoms with Crippen LogP contribution in [0.15, 0.2) is 46.7 Å². The smallest absolute Gasteiger partial charge is 0.349 e. The Morgan fingerprint density at radius 2 is 1.64 bits per heavy atom. The van der Waals surface area contributed by atoms with Gasteiger partial charge in [-0.3, -0.25) is 0 Å². The van der Waals surface area contributed by atoms with Gasteiger partial charge in [0.15, 0.2) is 0 Å². The van der Waals surface area contributed by atoms with Crippen LogP contribution in [0.5, 0.6) is 0 Å². The molecule has 0 aromatic heterocycles. The molecule has 0 unspecified atom stereocenters. The van der Waals surface area contributed by atoms with Crippen molar-refractivity contribution < 1.29 is 17.9 Å². The van der Waals surface area contributed by atoms with Gasteiger partial charge in [0.25, 0.3) is 0 Å². The average molecular weight is 324 g/mol. The molecule has 0 N–H and O–H groups in total. The van der Waals surface area contributed by atoms with Gasteiger partial charge in [0.05, 0.1) is 11.5 Å². The summed E-state index contributed by atoms with van der Waals surface area (Å²) in [5.74, 6) is -0.864. The van der Waals surface area contributed by atoms with Gasteiger partial charge in [0, 0.05) is 0 Å². The van der Waals surface area contributed by atoms with Crippen LogP contribution < -0.4 is 0 Å². The fourth-order valence-electron chi connectivity index (χ4n) is 1.98. The van der Waals surface area contributed by atoms with Gasteiger partial charge in [-0.2, -0.15) is 0 Å². The summed E-state index contributed by atoms with van der Waals surface area (Å²) in [7, 11) is -3.86. The van der Waals surface area contributed by atoms with Gasteiger partial charge in [-0.05, 0) is 18.6 Å². The normalized spacial score (nSPS) is 11.1. The molecule has 0 spiro atoms. The van der Waals surface area contributed by atoms with Crippen LogP contribution in [0.4, 0.5) is 0 Å². The lowest BCUT2D eigenvalue weighted by Gasteiger charge is -2.08. The number of carbonyl (C=O) groups excluding carboxylic acids is 1. The minimum Gasteiger partial charge on any atom is -0.462 e. The van der Waals surface area contributed by atoms with Crippen LogP contribution in [0.1, 0.15) is 45.4 Å². The fraction of sp³-hybridized carbons (Fsp3) is 0.471. The number of ether oxygens (including phenoxy) is 1. The van der Waals surface area contributed by atoms with E-state index in [-0.39, 0.29) is 11.5 Å². The third-order valence-corrected chi connectivity index (χ3v) is 5.04. The monoisotopic (exact) mass is 324 g/mol. The number of rotatable bonds is 10. The Morgan fingerprint density at radius 3 is 2.27 bits per heavy atom. The zero-order valence-corrected chi connectivity index (χ0v) is 13.9. The van der Waals surface area contributed by atoms with E-state index in [2.05, 4.69) is 13.5 Å². The molecule has 4 nitrogen and oxygen atoms in total. The molecule has 0 fully saturated rings. The molecular weight excluding hydrogens is 300 g/mol. The number of hydrogen-bond acceptors (Lipinski definition) is 4. The van der Waals surface area contributed by atoms with Crippen molar-refractivity contribution in [3.63, 3.8) is 0 Å². The van der Waals surface area contributed by atoms with Gasteiger partial charge in [0.1, 0.15) is 4.91 Å². The molecule has 22 heavy (non-hydrogen) atoms. The Morgan fingerprint density at radius 1 is 1.05 bits per heavy atom. The van der Waals surface area contributed by atoms with Crippen molar-refractivity contribution in [3.8, 4) is 0 Å². The lowest BCUT2D eigenvalue weighted by atomic mass is 10.1. The zero-order valence-electron chi connectivity index (χ0n) is 13.1. The molecule has 1 aromatic carbocycles. The van der Waals surface area contributed by atoms with E-state index in [0.29, 0.717) is 0 Å². The van der Waals surface area contributed by atoms with Crippen molar-refractivity contribution in [1.29, 1.82) is 0 Å². The van der Waals surface area contributed by atoms with Crippen molar-refractivity contribution in [2.24, 2.45) is 0 Å². The van der Waals surface area contributed by atoms with E-state index >= 15 is 0 Å². The Bertz CT molecular complexity index is 576. The summed E-state index contributed by atoms with van der Waals surface area (Å²) >= 11 is 0. The van der Waals surface area contributed by atoms with Crippen LogP contribution in [-0.4, -0.2) is 21.0 Å². The van der Waals surface area contributed by atoms with Crippen molar-refractivity contribution >= 4 is 15.8 Å². The molecule has 0 aliphatic heterocycles. The van der Waals surface area contributed by atoms with E-state index in [1.54, 1.807) is 18.2 Å². The molecule has 0 bridgehead atoms. The molecule has 1 rings (SSSR count). The van der Waals surface area contributed by atoms with E-state index in [4.69, 9.17) is 4.74 Å². The molecule has 0 aliphatic rings. The lowest BCUT2D eigenvalue weighted by Crippen LogP contribution is -2.16. The summed E-state index contributed by atoms with van der Waals surface area (Å²) in [6, 6.07) is 7.77. The molecule has 0 saturated heterocycles. The zero-order chi connectivity index (χ0) is 16.4. The minimum absolute atomic E-state index is 0.0523. The van der Waals surface area contributed by atoms with Gasteiger partial charge in [-0.15, -0.1) is 0 Å². The van der Waals surface area contributed by atoms with E-state index in [0.717, 1.165) is 19.3 Å². The molecule has 0 heterocycles. The van der Waals surface area contributed by atoms with Crippen molar-refractivity contribution in [3.05, 3.63) is 41.8 Å². The second-order valence-electron chi connectivity index (χ2n) is 5.14. The summed E-state index contributed by atoms with van der Waals surface area (Å²) in [4.78, 5) is 11.3. The molecule has 0 amide bonds. The van der Waals surface area contributed by atoms with Gasteiger partial charge in [0.2, 0.25) is 9.84 Å². The van der Waals surface area contributed by atoms with Gasteiger partial charge < -0.3 is 4.74 Å². The van der Waals surface area contributed by atoms with E-state index in [9.17, 15) is 13.2 Å². The molecule has 0 aliphatic carbocycles. The summed E-state index contributed by atoms with van der Waals surface area (Å²) < 4.78 is 29.4.